The molecule has 0 saturated heterocycles. The van der Waals surface area contributed by atoms with E-state index < -0.39 is 5.82 Å². The van der Waals surface area contributed by atoms with Gasteiger partial charge >= 0.3 is 0 Å². The first-order chi connectivity index (χ1) is 8.63. The summed E-state index contributed by atoms with van der Waals surface area (Å²) in [5.41, 5.74) is 1.99. The van der Waals surface area contributed by atoms with Crippen molar-refractivity contribution in [2.75, 3.05) is 0 Å². The highest BCUT2D eigenvalue weighted by atomic mass is 19.1. The molecule has 0 aliphatic carbocycles. The van der Waals surface area contributed by atoms with Crippen molar-refractivity contribution < 1.29 is 13.9 Å². The largest absolute Gasteiger partial charge is 0.456 e. The van der Waals surface area contributed by atoms with E-state index in [2.05, 4.69) is 0 Å². The van der Waals surface area contributed by atoms with E-state index in [4.69, 9.17) is 4.74 Å². The fourth-order valence-corrected chi connectivity index (χ4v) is 1.67. The third kappa shape index (κ3) is 2.25. The predicted molar refractivity (Wildman–Crippen MR) is 67.8 cm³/mol. The van der Waals surface area contributed by atoms with Crippen LogP contribution in [0.25, 0.3) is 0 Å². The van der Waals surface area contributed by atoms with Crippen molar-refractivity contribution in [3.8, 4) is 11.5 Å². The molecule has 0 radical (unpaired) electrons. The van der Waals surface area contributed by atoms with E-state index in [0.29, 0.717) is 12.0 Å². The Morgan fingerprint density at radius 1 is 1.06 bits per heavy atom. The number of carbonyl (C=O) groups is 1. The lowest BCUT2D eigenvalue weighted by molar-refractivity contribution is 0.111. The number of ether oxygens (including phenoxy) is 1. The molecule has 0 bridgehead atoms. The number of halogens is 1. The summed E-state index contributed by atoms with van der Waals surface area (Å²) in [6.45, 7) is 3.89. The number of aldehydes is 1. The summed E-state index contributed by atoms with van der Waals surface area (Å²) in [6, 6.07) is 9.95. The number of rotatable bonds is 3. The van der Waals surface area contributed by atoms with Crippen LogP contribution in [0, 0.1) is 19.7 Å². The highest BCUT2D eigenvalue weighted by molar-refractivity contribution is 5.79. The molecule has 0 aliphatic heterocycles. The van der Waals surface area contributed by atoms with Crippen LogP contribution < -0.4 is 4.74 Å². The molecule has 2 aromatic carbocycles. The monoisotopic (exact) mass is 244 g/mol. The Morgan fingerprint density at radius 3 is 2.44 bits per heavy atom. The highest BCUT2D eigenvalue weighted by Gasteiger charge is 2.11. The Morgan fingerprint density at radius 2 is 1.72 bits per heavy atom. The zero-order chi connectivity index (χ0) is 13.1. The summed E-state index contributed by atoms with van der Waals surface area (Å²) in [5, 5.41) is 0. The number of aryl methyl sites for hydroxylation is 1. The standard InChI is InChI=1S/C15H13FO2/c1-10-5-3-7-14(11(10)2)18-15-8-4-6-13(16)12(15)9-17/h3-9H,1-2H3. The fraction of sp³-hybridized carbons (Fsp3) is 0.133. The van der Waals surface area contributed by atoms with Gasteiger partial charge in [-0.05, 0) is 43.2 Å². The van der Waals surface area contributed by atoms with Gasteiger partial charge in [-0.3, -0.25) is 4.79 Å². The molecule has 3 heteroatoms. The van der Waals surface area contributed by atoms with Gasteiger partial charge in [-0.15, -0.1) is 0 Å². The predicted octanol–water partition coefficient (Wildman–Crippen LogP) is 4.05. The van der Waals surface area contributed by atoms with Crippen LogP contribution in [0.4, 0.5) is 4.39 Å². The molecule has 2 rings (SSSR count). The quantitative estimate of drug-likeness (QED) is 0.761. The van der Waals surface area contributed by atoms with Crippen LogP contribution in [0.2, 0.25) is 0 Å². The Bertz CT molecular complexity index is 591. The molecule has 0 aliphatic rings. The summed E-state index contributed by atoms with van der Waals surface area (Å²) < 4.78 is 19.0. The van der Waals surface area contributed by atoms with Crippen LogP contribution in [-0.2, 0) is 0 Å². The van der Waals surface area contributed by atoms with Crippen molar-refractivity contribution in [1.29, 1.82) is 0 Å². The molecule has 0 amide bonds. The smallest absolute Gasteiger partial charge is 0.156 e. The molecule has 0 atom stereocenters. The van der Waals surface area contributed by atoms with Crippen molar-refractivity contribution in [3.63, 3.8) is 0 Å². The first-order valence-corrected chi connectivity index (χ1v) is 5.61. The second-order valence-corrected chi connectivity index (χ2v) is 4.07. The molecule has 0 aromatic heterocycles. The zero-order valence-electron chi connectivity index (χ0n) is 10.2. The Kier molecular flexibility index (Phi) is 3.42. The molecule has 0 N–H and O–H groups in total. The lowest BCUT2D eigenvalue weighted by Crippen LogP contribution is -1.96. The lowest BCUT2D eigenvalue weighted by Gasteiger charge is -2.12. The SMILES string of the molecule is Cc1cccc(Oc2cccc(F)c2C=O)c1C. The maximum Gasteiger partial charge on any atom is 0.156 e. The van der Waals surface area contributed by atoms with Crippen LogP contribution in [0.15, 0.2) is 36.4 Å². The highest BCUT2D eigenvalue weighted by Crippen LogP contribution is 2.29. The minimum atomic E-state index is -0.576. The Balaban J connectivity index is 2.43. The molecular weight excluding hydrogens is 231 g/mol. The number of hydrogen-bond acceptors (Lipinski definition) is 2. The maximum atomic E-state index is 13.4. The van der Waals surface area contributed by atoms with Gasteiger partial charge in [-0.1, -0.05) is 18.2 Å². The molecule has 18 heavy (non-hydrogen) atoms. The van der Waals surface area contributed by atoms with Crippen LogP contribution in [0.1, 0.15) is 21.5 Å². The van der Waals surface area contributed by atoms with Gasteiger partial charge in [0.25, 0.3) is 0 Å². The molecule has 0 saturated carbocycles. The van der Waals surface area contributed by atoms with E-state index in [-0.39, 0.29) is 11.3 Å². The average Bonchev–Trinajstić information content (AvgIpc) is 2.35. The van der Waals surface area contributed by atoms with Crippen LogP contribution in [-0.4, -0.2) is 6.29 Å². The second kappa shape index (κ2) is 5.00. The summed E-state index contributed by atoms with van der Waals surface area (Å²) in [5.74, 6) is 0.287. The fourth-order valence-electron chi connectivity index (χ4n) is 1.67. The van der Waals surface area contributed by atoms with Crippen molar-refractivity contribution in [2.24, 2.45) is 0 Å². The lowest BCUT2D eigenvalue weighted by atomic mass is 10.1. The van der Waals surface area contributed by atoms with Gasteiger partial charge < -0.3 is 4.74 Å². The number of carbonyl (C=O) groups excluding carboxylic acids is 1. The topological polar surface area (TPSA) is 26.3 Å². The van der Waals surface area contributed by atoms with Crippen molar-refractivity contribution in [1.82, 2.24) is 0 Å². The van der Waals surface area contributed by atoms with Gasteiger partial charge in [-0.2, -0.15) is 0 Å². The Hall–Kier alpha value is -2.16. The van der Waals surface area contributed by atoms with Gasteiger partial charge in [0.15, 0.2) is 6.29 Å². The van der Waals surface area contributed by atoms with E-state index in [1.807, 2.05) is 26.0 Å². The maximum absolute atomic E-state index is 13.4. The van der Waals surface area contributed by atoms with Crippen LogP contribution in [0.5, 0.6) is 11.5 Å². The van der Waals surface area contributed by atoms with Crippen molar-refractivity contribution in [2.45, 2.75) is 13.8 Å². The minimum Gasteiger partial charge on any atom is -0.456 e. The molecule has 0 spiro atoms. The third-order valence-electron chi connectivity index (χ3n) is 2.91. The molecule has 92 valence electrons. The van der Waals surface area contributed by atoms with E-state index >= 15 is 0 Å². The van der Waals surface area contributed by atoms with Gasteiger partial charge in [0.05, 0.1) is 5.56 Å². The van der Waals surface area contributed by atoms with Gasteiger partial charge in [0.1, 0.15) is 17.3 Å². The first-order valence-electron chi connectivity index (χ1n) is 5.61. The summed E-state index contributed by atoms with van der Waals surface area (Å²) in [7, 11) is 0. The van der Waals surface area contributed by atoms with Crippen LogP contribution in [0.3, 0.4) is 0 Å². The third-order valence-corrected chi connectivity index (χ3v) is 2.91. The van der Waals surface area contributed by atoms with Gasteiger partial charge in [0.2, 0.25) is 0 Å². The molecule has 2 aromatic rings. The summed E-state index contributed by atoms with van der Waals surface area (Å²) in [4.78, 5) is 10.9. The van der Waals surface area contributed by atoms with E-state index in [1.165, 1.54) is 12.1 Å². The molecule has 0 fully saturated rings. The van der Waals surface area contributed by atoms with Gasteiger partial charge in [-0.25, -0.2) is 4.39 Å². The molecule has 0 unspecified atom stereocenters. The summed E-state index contributed by atoms with van der Waals surface area (Å²) in [6.07, 6.45) is 0.468. The first kappa shape index (κ1) is 12.3. The molecular formula is C15H13FO2. The van der Waals surface area contributed by atoms with E-state index in [1.54, 1.807) is 12.1 Å². The van der Waals surface area contributed by atoms with Crippen molar-refractivity contribution in [3.05, 3.63) is 58.9 Å². The Labute approximate surface area is 105 Å². The van der Waals surface area contributed by atoms with E-state index in [0.717, 1.165) is 11.1 Å². The number of hydrogen-bond donors (Lipinski definition) is 0. The summed E-state index contributed by atoms with van der Waals surface area (Å²) >= 11 is 0. The minimum absolute atomic E-state index is 0.0570. The van der Waals surface area contributed by atoms with Crippen molar-refractivity contribution >= 4 is 6.29 Å². The average molecular weight is 244 g/mol. The molecule has 2 nitrogen and oxygen atoms in total. The van der Waals surface area contributed by atoms with Crippen LogP contribution >= 0.6 is 0 Å². The molecule has 0 heterocycles. The van der Waals surface area contributed by atoms with E-state index in [9.17, 15) is 9.18 Å². The second-order valence-electron chi connectivity index (χ2n) is 4.07. The zero-order valence-corrected chi connectivity index (χ0v) is 10.2. The normalized spacial score (nSPS) is 10.2. The number of benzene rings is 2. The van der Waals surface area contributed by atoms with Gasteiger partial charge in [0, 0.05) is 0 Å².